The van der Waals surface area contributed by atoms with Crippen LogP contribution in [-0.2, 0) is 4.79 Å². The molecule has 1 unspecified atom stereocenters. The summed E-state index contributed by atoms with van der Waals surface area (Å²) in [6.07, 6.45) is 3.25. The summed E-state index contributed by atoms with van der Waals surface area (Å²) in [6, 6.07) is 7.22. The quantitative estimate of drug-likeness (QED) is 0.609. The van der Waals surface area contributed by atoms with E-state index in [1.807, 2.05) is 12.1 Å². The second kappa shape index (κ2) is 7.98. The predicted molar refractivity (Wildman–Crippen MR) is 74.1 cm³/mol. The molecule has 1 aromatic rings. The third kappa shape index (κ3) is 4.57. The Morgan fingerprint density at radius 2 is 2.00 bits per heavy atom. The van der Waals surface area contributed by atoms with E-state index >= 15 is 0 Å². The first-order valence-corrected chi connectivity index (χ1v) is 6.68. The zero-order chi connectivity index (χ0) is 13.4. The molecule has 0 heterocycles. The Kier molecular flexibility index (Phi) is 6.58. The average Bonchev–Trinajstić information content (AvgIpc) is 2.42. The second-order valence-corrected chi connectivity index (χ2v) is 4.57. The van der Waals surface area contributed by atoms with Gasteiger partial charge in [0.15, 0.2) is 0 Å². The van der Waals surface area contributed by atoms with Crippen molar-refractivity contribution in [1.29, 1.82) is 0 Å². The van der Waals surface area contributed by atoms with Crippen LogP contribution in [0, 0.1) is 0 Å². The van der Waals surface area contributed by atoms with Gasteiger partial charge in [0.25, 0.3) is 0 Å². The number of benzene rings is 1. The van der Waals surface area contributed by atoms with Crippen LogP contribution in [0.1, 0.15) is 37.1 Å². The van der Waals surface area contributed by atoms with E-state index in [4.69, 9.17) is 16.3 Å². The fourth-order valence-electron chi connectivity index (χ4n) is 1.60. The fourth-order valence-corrected chi connectivity index (χ4v) is 1.82. The highest BCUT2D eigenvalue weighted by Crippen LogP contribution is 2.22. The summed E-state index contributed by atoms with van der Waals surface area (Å²) in [5, 5.41) is 2.20. The Balaban J connectivity index is 2.46. The molecule has 1 aromatic carbocycles. The second-order valence-electron chi connectivity index (χ2n) is 4.13. The largest absolute Gasteiger partial charge is 0.497 e. The van der Waals surface area contributed by atoms with Crippen LogP contribution in [0.2, 0.25) is 0 Å². The predicted octanol–water partition coefficient (Wildman–Crippen LogP) is 3.28. The van der Waals surface area contributed by atoms with Crippen molar-refractivity contribution in [2.45, 2.75) is 31.6 Å². The SMILES string of the molecule is CCCCCNC(=O)C(Cl)c1ccc(OC)cc1. The molecule has 0 radical (unpaired) electrons. The molecule has 0 aliphatic rings. The van der Waals surface area contributed by atoms with E-state index in [1.165, 1.54) is 0 Å². The Morgan fingerprint density at radius 1 is 1.33 bits per heavy atom. The van der Waals surface area contributed by atoms with E-state index in [0.717, 1.165) is 30.6 Å². The van der Waals surface area contributed by atoms with Crippen molar-refractivity contribution in [2.24, 2.45) is 0 Å². The molecule has 0 aliphatic heterocycles. The van der Waals surface area contributed by atoms with Gasteiger partial charge < -0.3 is 10.1 Å². The third-order valence-electron chi connectivity index (χ3n) is 2.72. The lowest BCUT2D eigenvalue weighted by Gasteiger charge is -2.11. The van der Waals surface area contributed by atoms with E-state index in [2.05, 4.69) is 12.2 Å². The van der Waals surface area contributed by atoms with Crippen LogP contribution in [-0.4, -0.2) is 19.6 Å². The molecule has 0 aromatic heterocycles. The molecular formula is C14H20ClNO2. The summed E-state index contributed by atoms with van der Waals surface area (Å²) in [5.74, 6) is 0.615. The number of alkyl halides is 1. The van der Waals surface area contributed by atoms with E-state index in [0.29, 0.717) is 6.54 Å². The topological polar surface area (TPSA) is 38.3 Å². The van der Waals surface area contributed by atoms with Gasteiger partial charge in [-0.15, -0.1) is 11.6 Å². The summed E-state index contributed by atoms with van der Waals surface area (Å²) in [6.45, 7) is 2.82. The average molecular weight is 270 g/mol. The first kappa shape index (κ1) is 14.8. The Morgan fingerprint density at radius 3 is 2.56 bits per heavy atom. The molecule has 100 valence electrons. The van der Waals surface area contributed by atoms with Crippen molar-refractivity contribution < 1.29 is 9.53 Å². The van der Waals surface area contributed by atoms with Gasteiger partial charge in [0, 0.05) is 6.54 Å². The molecule has 0 spiro atoms. The molecule has 0 bridgehead atoms. The molecule has 1 atom stereocenters. The molecular weight excluding hydrogens is 250 g/mol. The van der Waals surface area contributed by atoms with Gasteiger partial charge in [0.05, 0.1) is 7.11 Å². The van der Waals surface area contributed by atoms with E-state index in [1.54, 1.807) is 19.2 Å². The summed E-state index contributed by atoms with van der Waals surface area (Å²) >= 11 is 6.11. The maximum Gasteiger partial charge on any atom is 0.242 e. The molecule has 18 heavy (non-hydrogen) atoms. The number of hydrogen-bond donors (Lipinski definition) is 1. The van der Waals surface area contributed by atoms with Crippen LogP contribution in [0.25, 0.3) is 0 Å². The maximum atomic E-state index is 11.8. The monoisotopic (exact) mass is 269 g/mol. The number of carbonyl (C=O) groups is 1. The Bertz CT molecular complexity index is 365. The molecule has 0 fully saturated rings. The number of nitrogens with one attached hydrogen (secondary N) is 1. The number of rotatable bonds is 7. The van der Waals surface area contributed by atoms with Gasteiger partial charge in [-0.25, -0.2) is 0 Å². The number of halogens is 1. The van der Waals surface area contributed by atoms with E-state index in [-0.39, 0.29) is 5.91 Å². The van der Waals surface area contributed by atoms with Crippen LogP contribution in [0.5, 0.6) is 5.75 Å². The van der Waals surface area contributed by atoms with Gasteiger partial charge in [-0.3, -0.25) is 4.79 Å². The number of hydrogen-bond acceptors (Lipinski definition) is 2. The summed E-state index contributed by atoms with van der Waals surface area (Å²) in [5.41, 5.74) is 0.783. The lowest BCUT2D eigenvalue weighted by molar-refractivity contribution is -0.120. The lowest BCUT2D eigenvalue weighted by atomic mass is 10.1. The first-order chi connectivity index (χ1) is 8.69. The van der Waals surface area contributed by atoms with Crippen molar-refractivity contribution in [3.05, 3.63) is 29.8 Å². The molecule has 1 amide bonds. The Hall–Kier alpha value is -1.22. The zero-order valence-corrected chi connectivity index (χ0v) is 11.7. The standard InChI is InChI=1S/C14H20ClNO2/c1-3-4-5-10-16-14(17)13(15)11-6-8-12(18-2)9-7-11/h6-9,13H,3-5,10H2,1-2H3,(H,16,17). The van der Waals surface area contributed by atoms with Crippen molar-refractivity contribution in [2.75, 3.05) is 13.7 Å². The third-order valence-corrected chi connectivity index (χ3v) is 3.17. The number of carbonyl (C=O) groups excluding carboxylic acids is 1. The van der Waals surface area contributed by atoms with Crippen molar-refractivity contribution in [3.63, 3.8) is 0 Å². The van der Waals surface area contributed by atoms with Gasteiger partial charge >= 0.3 is 0 Å². The normalized spacial score (nSPS) is 11.9. The van der Waals surface area contributed by atoms with Gasteiger partial charge in [-0.2, -0.15) is 0 Å². The van der Waals surface area contributed by atoms with Crippen molar-refractivity contribution in [3.8, 4) is 5.75 Å². The molecule has 1 rings (SSSR count). The van der Waals surface area contributed by atoms with Crippen molar-refractivity contribution >= 4 is 17.5 Å². The highest BCUT2D eigenvalue weighted by Gasteiger charge is 2.16. The van der Waals surface area contributed by atoms with Gasteiger partial charge in [-0.1, -0.05) is 31.9 Å². The summed E-state index contributed by atoms with van der Waals surface area (Å²) < 4.78 is 5.06. The molecule has 3 nitrogen and oxygen atoms in total. The van der Waals surface area contributed by atoms with Gasteiger partial charge in [0.2, 0.25) is 5.91 Å². The van der Waals surface area contributed by atoms with Crippen LogP contribution >= 0.6 is 11.6 Å². The molecule has 0 aliphatic carbocycles. The Labute approximate surface area is 113 Å². The van der Waals surface area contributed by atoms with Crippen LogP contribution in [0.4, 0.5) is 0 Å². The minimum Gasteiger partial charge on any atom is -0.497 e. The maximum absolute atomic E-state index is 11.8. The first-order valence-electron chi connectivity index (χ1n) is 6.24. The highest BCUT2D eigenvalue weighted by atomic mass is 35.5. The molecule has 0 saturated carbocycles. The minimum atomic E-state index is -0.641. The molecule has 0 saturated heterocycles. The summed E-state index contributed by atoms with van der Waals surface area (Å²) in [7, 11) is 1.60. The van der Waals surface area contributed by atoms with E-state index in [9.17, 15) is 4.79 Å². The fraction of sp³-hybridized carbons (Fsp3) is 0.500. The minimum absolute atomic E-state index is 0.141. The van der Waals surface area contributed by atoms with Crippen LogP contribution in [0.3, 0.4) is 0 Å². The smallest absolute Gasteiger partial charge is 0.242 e. The van der Waals surface area contributed by atoms with Crippen molar-refractivity contribution in [1.82, 2.24) is 5.32 Å². The van der Waals surface area contributed by atoms with Gasteiger partial charge in [0.1, 0.15) is 11.1 Å². The van der Waals surface area contributed by atoms with E-state index < -0.39 is 5.38 Å². The van der Waals surface area contributed by atoms with Gasteiger partial charge in [-0.05, 0) is 24.1 Å². The number of unbranched alkanes of at least 4 members (excludes halogenated alkanes) is 2. The number of amides is 1. The number of methoxy groups -OCH3 is 1. The van der Waals surface area contributed by atoms with Crippen LogP contribution in [0.15, 0.2) is 24.3 Å². The lowest BCUT2D eigenvalue weighted by Crippen LogP contribution is -2.27. The highest BCUT2D eigenvalue weighted by molar-refractivity contribution is 6.30. The molecule has 1 N–H and O–H groups in total. The molecule has 4 heteroatoms. The summed E-state index contributed by atoms with van der Waals surface area (Å²) in [4.78, 5) is 11.8. The number of ether oxygens (including phenoxy) is 1. The van der Waals surface area contributed by atoms with Crippen LogP contribution < -0.4 is 10.1 Å². The zero-order valence-electron chi connectivity index (χ0n) is 10.9.